The van der Waals surface area contributed by atoms with E-state index in [4.69, 9.17) is 0 Å². The maximum Gasteiger partial charge on any atom is 0.255 e. The highest BCUT2D eigenvalue weighted by Crippen LogP contribution is 2.20. The number of carbonyl (C=O) groups is 1. The number of carbonyl (C=O) groups excluding carboxylic acids is 1. The lowest BCUT2D eigenvalue weighted by molar-refractivity contribution is 0.0951. The molecule has 15 heavy (non-hydrogen) atoms. The van der Waals surface area contributed by atoms with E-state index >= 15 is 0 Å². The van der Waals surface area contributed by atoms with Crippen LogP contribution in [0.15, 0.2) is 30.9 Å². The molecule has 0 bridgehead atoms. The van der Waals surface area contributed by atoms with Crippen LogP contribution >= 0.6 is 0 Å². The van der Waals surface area contributed by atoms with Gasteiger partial charge in [-0.2, -0.15) is 0 Å². The van der Waals surface area contributed by atoms with Crippen LogP contribution in [0.1, 0.15) is 22.3 Å². The van der Waals surface area contributed by atoms with Gasteiger partial charge in [0.05, 0.1) is 5.56 Å². The molecule has 0 fully saturated rings. The first-order valence-electron chi connectivity index (χ1n) is 4.84. The molecule has 0 radical (unpaired) electrons. The molecule has 1 aromatic rings. The van der Waals surface area contributed by atoms with E-state index in [2.05, 4.69) is 11.9 Å². The number of nitrogens with one attached hydrogen (secondary N) is 1. The zero-order chi connectivity index (χ0) is 11.3. The van der Waals surface area contributed by atoms with Crippen LogP contribution in [0.3, 0.4) is 0 Å². The number of aromatic hydroxyl groups is 1. The van der Waals surface area contributed by atoms with Crippen molar-refractivity contribution in [1.29, 1.82) is 0 Å². The highest BCUT2D eigenvalue weighted by atomic mass is 16.3. The van der Waals surface area contributed by atoms with Crippen LogP contribution in [0.25, 0.3) is 0 Å². The molecule has 1 aromatic carbocycles. The summed E-state index contributed by atoms with van der Waals surface area (Å²) in [6.07, 6.45) is 2.45. The van der Waals surface area contributed by atoms with Crippen molar-refractivity contribution >= 4 is 5.91 Å². The van der Waals surface area contributed by atoms with Gasteiger partial charge in [-0.1, -0.05) is 18.2 Å². The van der Waals surface area contributed by atoms with Gasteiger partial charge in [0.25, 0.3) is 5.91 Å². The van der Waals surface area contributed by atoms with E-state index in [-0.39, 0.29) is 11.7 Å². The second kappa shape index (κ2) is 5.20. The second-order valence-corrected chi connectivity index (χ2v) is 3.30. The Bertz CT molecular complexity index is 372. The lowest BCUT2D eigenvalue weighted by atomic mass is 10.1. The number of para-hydroxylation sites is 1. The highest BCUT2D eigenvalue weighted by Gasteiger charge is 2.10. The summed E-state index contributed by atoms with van der Waals surface area (Å²) in [5, 5.41) is 12.3. The van der Waals surface area contributed by atoms with E-state index in [9.17, 15) is 9.90 Å². The minimum Gasteiger partial charge on any atom is -0.507 e. The van der Waals surface area contributed by atoms with Crippen LogP contribution in [-0.2, 0) is 0 Å². The van der Waals surface area contributed by atoms with E-state index in [0.29, 0.717) is 17.7 Å². The molecule has 3 heteroatoms. The normalized spacial score (nSPS) is 9.67. The molecular formula is C12H15NO2. The monoisotopic (exact) mass is 205 g/mol. The van der Waals surface area contributed by atoms with Crippen molar-refractivity contribution in [3.05, 3.63) is 42.0 Å². The molecule has 0 aliphatic heterocycles. The van der Waals surface area contributed by atoms with Gasteiger partial charge in [0.15, 0.2) is 0 Å². The SMILES string of the molecule is C=CCCNC(=O)c1cccc(C)c1O. The summed E-state index contributed by atoms with van der Waals surface area (Å²) >= 11 is 0. The molecule has 0 saturated heterocycles. The molecule has 0 heterocycles. The summed E-state index contributed by atoms with van der Waals surface area (Å²) < 4.78 is 0. The van der Waals surface area contributed by atoms with Crippen molar-refractivity contribution in [2.24, 2.45) is 0 Å². The van der Waals surface area contributed by atoms with Crippen molar-refractivity contribution in [2.75, 3.05) is 6.54 Å². The van der Waals surface area contributed by atoms with Gasteiger partial charge in [-0.05, 0) is 25.0 Å². The lowest BCUT2D eigenvalue weighted by Gasteiger charge is -2.07. The van der Waals surface area contributed by atoms with Gasteiger partial charge in [-0.25, -0.2) is 0 Å². The van der Waals surface area contributed by atoms with Gasteiger partial charge in [-0.15, -0.1) is 6.58 Å². The number of phenols is 1. The van der Waals surface area contributed by atoms with E-state index in [1.165, 1.54) is 0 Å². The molecular weight excluding hydrogens is 190 g/mol. The molecule has 2 N–H and O–H groups in total. The summed E-state index contributed by atoms with van der Waals surface area (Å²) in [6, 6.07) is 5.11. The van der Waals surface area contributed by atoms with Crippen molar-refractivity contribution in [3.63, 3.8) is 0 Å². The van der Waals surface area contributed by atoms with Crippen molar-refractivity contribution < 1.29 is 9.90 Å². The largest absolute Gasteiger partial charge is 0.507 e. The van der Waals surface area contributed by atoms with E-state index < -0.39 is 0 Å². The maximum absolute atomic E-state index is 11.6. The van der Waals surface area contributed by atoms with Crippen molar-refractivity contribution in [2.45, 2.75) is 13.3 Å². The van der Waals surface area contributed by atoms with E-state index in [0.717, 1.165) is 6.42 Å². The number of aryl methyl sites for hydroxylation is 1. The Hall–Kier alpha value is -1.77. The molecule has 1 rings (SSSR count). The van der Waals surface area contributed by atoms with Crippen LogP contribution in [-0.4, -0.2) is 17.6 Å². The van der Waals surface area contributed by atoms with Crippen LogP contribution in [0.5, 0.6) is 5.75 Å². The smallest absolute Gasteiger partial charge is 0.255 e. The Morgan fingerprint density at radius 3 is 3.00 bits per heavy atom. The predicted octanol–water partition coefficient (Wildman–Crippen LogP) is 2.01. The number of benzene rings is 1. The number of phenolic OH excluding ortho intramolecular Hbond substituents is 1. The number of rotatable bonds is 4. The standard InChI is InChI=1S/C12H15NO2/c1-3-4-8-13-12(15)10-7-5-6-9(2)11(10)14/h3,5-7,14H,1,4,8H2,2H3,(H,13,15). The molecule has 0 atom stereocenters. The molecule has 0 aromatic heterocycles. The van der Waals surface area contributed by atoms with E-state index in [1.54, 1.807) is 31.2 Å². The zero-order valence-corrected chi connectivity index (χ0v) is 8.79. The van der Waals surface area contributed by atoms with Crippen LogP contribution in [0, 0.1) is 6.92 Å². The average molecular weight is 205 g/mol. The summed E-state index contributed by atoms with van der Waals surface area (Å²) in [7, 11) is 0. The molecule has 0 spiro atoms. The summed E-state index contributed by atoms with van der Waals surface area (Å²) in [5.74, 6) is -0.202. The first-order valence-corrected chi connectivity index (χ1v) is 4.84. The maximum atomic E-state index is 11.6. The molecule has 0 aliphatic carbocycles. The van der Waals surface area contributed by atoms with Gasteiger partial charge in [0.2, 0.25) is 0 Å². The third kappa shape index (κ3) is 2.84. The fourth-order valence-corrected chi connectivity index (χ4v) is 1.23. The summed E-state index contributed by atoms with van der Waals surface area (Å²) in [4.78, 5) is 11.6. The highest BCUT2D eigenvalue weighted by molar-refractivity contribution is 5.97. The van der Waals surface area contributed by atoms with E-state index in [1.807, 2.05) is 0 Å². The molecule has 1 amide bonds. The third-order valence-electron chi connectivity index (χ3n) is 2.12. The summed E-state index contributed by atoms with van der Waals surface area (Å²) in [5.41, 5.74) is 1.02. The van der Waals surface area contributed by atoms with Crippen molar-refractivity contribution in [3.8, 4) is 5.75 Å². The first-order chi connectivity index (χ1) is 7.16. The fourth-order valence-electron chi connectivity index (χ4n) is 1.23. The molecule has 0 unspecified atom stereocenters. The Kier molecular flexibility index (Phi) is 3.92. The Balaban J connectivity index is 2.73. The van der Waals surface area contributed by atoms with Crippen LogP contribution in [0.4, 0.5) is 0 Å². The molecule has 0 saturated carbocycles. The second-order valence-electron chi connectivity index (χ2n) is 3.30. The third-order valence-corrected chi connectivity index (χ3v) is 2.12. The van der Waals surface area contributed by atoms with Gasteiger partial charge in [0.1, 0.15) is 5.75 Å². The zero-order valence-electron chi connectivity index (χ0n) is 8.79. The number of amides is 1. The predicted molar refractivity (Wildman–Crippen MR) is 60.0 cm³/mol. The topological polar surface area (TPSA) is 49.3 Å². The molecule has 80 valence electrons. The van der Waals surface area contributed by atoms with Gasteiger partial charge >= 0.3 is 0 Å². The summed E-state index contributed by atoms with van der Waals surface area (Å²) in [6.45, 7) is 5.86. The quantitative estimate of drug-likeness (QED) is 0.583. The average Bonchev–Trinajstić information content (AvgIpc) is 2.22. The number of hydrogen-bond donors (Lipinski definition) is 2. The van der Waals surface area contributed by atoms with Crippen molar-refractivity contribution in [1.82, 2.24) is 5.32 Å². The minimum atomic E-state index is -0.252. The van der Waals surface area contributed by atoms with Gasteiger partial charge < -0.3 is 10.4 Å². The minimum absolute atomic E-state index is 0.0496. The lowest BCUT2D eigenvalue weighted by Crippen LogP contribution is -2.24. The molecule has 0 aliphatic rings. The van der Waals surface area contributed by atoms with Crippen LogP contribution < -0.4 is 5.32 Å². The Morgan fingerprint density at radius 2 is 2.33 bits per heavy atom. The Labute approximate surface area is 89.4 Å². The van der Waals surface area contributed by atoms with Gasteiger partial charge in [-0.3, -0.25) is 4.79 Å². The van der Waals surface area contributed by atoms with Gasteiger partial charge in [0, 0.05) is 6.54 Å². The number of hydrogen-bond acceptors (Lipinski definition) is 2. The van der Waals surface area contributed by atoms with Crippen LogP contribution in [0.2, 0.25) is 0 Å². The Morgan fingerprint density at radius 1 is 1.60 bits per heavy atom. The first kappa shape index (κ1) is 11.3. The fraction of sp³-hybridized carbons (Fsp3) is 0.250. The molecule has 3 nitrogen and oxygen atoms in total.